The molecule has 1 fully saturated rings. The zero-order chi connectivity index (χ0) is 31.5. The molecule has 0 aliphatic carbocycles. The number of hydrogen-bond donors (Lipinski definition) is 1. The first kappa shape index (κ1) is 30.9. The van der Waals surface area contributed by atoms with E-state index in [2.05, 4.69) is 6.07 Å². The van der Waals surface area contributed by atoms with Crippen molar-refractivity contribution < 1.29 is 33.0 Å². The van der Waals surface area contributed by atoms with Gasteiger partial charge in [0.25, 0.3) is 0 Å². The molecule has 2 aromatic carbocycles. The number of methoxy groups -OCH3 is 2. The lowest BCUT2D eigenvalue weighted by atomic mass is 9.81. The zero-order valence-electron chi connectivity index (χ0n) is 24.7. The molecule has 2 heterocycles. The van der Waals surface area contributed by atoms with Gasteiger partial charge in [0.05, 0.1) is 43.0 Å². The minimum absolute atomic E-state index is 0.0804. The number of halogens is 1. The SMILES string of the molecule is COC(=O)C1=C(C(=O)OC)N(c2c(F)cccc2N2CCN(C(=O)OC(C)(C)C)CC2)C(N)=C(C#N)C1c1ccccc1. The molecule has 1 unspecified atom stereocenters. The average molecular weight is 592 g/mol. The van der Waals surface area contributed by atoms with Gasteiger partial charge in [-0.25, -0.2) is 18.8 Å². The molecule has 2 aliphatic rings. The standard InChI is InChI=1S/C31H34FN5O6/c1-31(2,3)43-30(40)36-16-14-35(15-17-36)22-13-9-12-21(32)25(22)37-26(29(39)42-5)24(28(38)41-4)23(20(18-33)27(37)34)19-10-7-6-8-11-19/h6-13,23H,14-17,34H2,1-5H3. The quantitative estimate of drug-likeness (QED) is 0.404. The highest BCUT2D eigenvalue weighted by molar-refractivity contribution is 6.07. The number of allylic oxidation sites excluding steroid dienone is 1. The van der Waals surface area contributed by atoms with Crippen LogP contribution in [0, 0.1) is 17.1 Å². The first-order chi connectivity index (χ1) is 20.4. The third kappa shape index (κ3) is 6.11. The summed E-state index contributed by atoms with van der Waals surface area (Å²) < 4.78 is 31.6. The molecule has 2 aliphatic heterocycles. The van der Waals surface area contributed by atoms with Crippen LogP contribution in [0.15, 0.2) is 71.2 Å². The van der Waals surface area contributed by atoms with Crippen molar-refractivity contribution in [2.45, 2.75) is 32.3 Å². The predicted octanol–water partition coefficient (Wildman–Crippen LogP) is 3.78. The lowest BCUT2D eigenvalue weighted by Gasteiger charge is -2.40. The summed E-state index contributed by atoms with van der Waals surface area (Å²) in [5.41, 5.74) is 5.92. The molecular weight excluding hydrogens is 557 g/mol. The van der Waals surface area contributed by atoms with Crippen LogP contribution in [-0.4, -0.2) is 68.9 Å². The Labute approximate surface area is 249 Å². The van der Waals surface area contributed by atoms with Crippen molar-refractivity contribution in [2.75, 3.05) is 50.2 Å². The topological polar surface area (TPSA) is 138 Å². The van der Waals surface area contributed by atoms with Gasteiger partial charge in [0.15, 0.2) is 0 Å². The number of nitrogens with zero attached hydrogens (tertiary/aromatic N) is 4. The Hall–Kier alpha value is -5.05. The molecule has 0 radical (unpaired) electrons. The maximum atomic E-state index is 16.0. The van der Waals surface area contributed by atoms with Crippen molar-refractivity contribution in [3.05, 3.63) is 82.6 Å². The monoisotopic (exact) mass is 591 g/mol. The van der Waals surface area contributed by atoms with E-state index in [1.165, 1.54) is 12.1 Å². The summed E-state index contributed by atoms with van der Waals surface area (Å²) in [6.45, 7) is 6.50. The summed E-state index contributed by atoms with van der Waals surface area (Å²) in [4.78, 5) is 43.9. The van der Waals surface area contributed by atoms with E-state index < -0.39 is 35.4 Å². The first-order valence-corrected chi connectivity index (χ1v) is 13.6. The highest BCUT2D eigenvalue weighted by Gasteiger charge is 2.44. The van der Waals surface area contributed by atoms with E-state index in [-0.39, 0.29) is 41.4 Å². The third-order valence-electron chi connectivity index (χ3n) is 7.07. The van der Waals surface area contributed by atoms with Crippen molar-refractivity contribution in [1.29, 1.82) is 5.26 Å². The number of nitrogens with two attached hydrogens (primary N) is 1. The number of carbonyl (C=O) groups is 3. The Bertz CT molecular complexity index is 1520. The van der Waals surface area contributed by atoms with E-state index in [0.29, 0.717) is 24.3 Å². The number of esters is 2. The first-order valence-electron chi connectivity index (χ1n) is 13.6. The van der Waals surface area contributed by atoms with Crippen LogP contribution >= 0.6 is 0 Å². The summed E-state index contributed by atoms with van der Waals surface area (Å²) in [5.74, 6) is -4.00. The molecule has 0 spiro atoms. The number of rotatable bonds is 5. The molecular formula is C31H34FN5O6. The number of amides is 1. The predicted molar refractivity (Wildman–Crippen MR) is 156 cm³/mol. The summed E-state index contributed by atoms with van der Waals surface area (Å²) in [7, 11) is 2.26. The number of anilines is 2. The fourth-order valence-electron chi connectivity index (χ4n) is 5.18. The number of piperazine rings is 1. The van der Waals surface area contributed by atoms with Crippen molar-refractivity contribution >= 4 is 29.4 Å². The summed E-state index contributed by atoms with van der Waals surface area (Å²) in [6, 6.07) is 14.9. The highest BCUT2D eigenvalue weighted by atomic mass is 19.1. The lowest BCUT2D eigenvalue weighted by Crippen LogP contribution is -2.50. The second-order valence-electron chi connectivity index (χ2n) is 10.9. The Morgan fingerprint density at radius 3 is 2.14 bits per heavy atom. The number of carbonyl (C=O) groups excluding carboxylic acids is 3. The van der Waals surface area contributed by atoms with Gasteiger partial charge in [-0.3, -0.25) is 4.90 Å². The maximum absolute atomic E-state index is 16.0. The third-order valence-corrected chi connectivity index (χ3v) is 7.07. The van der Waals surface area contributed by atoms with E-state index >= 15 is 4.39 Å². The second-order valence-corrected chi connectivity index (χ2v) is 10.9. The molecule has 0 bridgehead atoms. The largest absolute Gasteiger partial charge is 0.466 e. The molecule has 2 aromatic rings. The average Bonchev–Trinajstić information content (AvgIpc) is 2.99. The van der Waals surface area contributed by atoms with E-state index in [1.54, 1.807) is 62.1 Å². The van der Waals surface area contributed by atoms with Gasteiger partial charge in [-0.2, -0.15) is 5.26 Å². The smallest absolute Gasteiger partial charge is 0.410 e. The van der Waals surface area contributed by atoms with Gasteiger partial charge in [0, 0.05) is 26.2 Å². The van der Waals surface area contributed by atoms with Gasteiger partial charge in [-0.15, -0.1) is 0 Å². The van der Waals surface area contributed by atoms with Crippen molar-refractivity contribution in [3.63, 3.8) is 0 Å². The Balaban J connectivity index is 1.88. The summed E-state index contributed by atoms with van der Waals surface area (Å²) >= 11 is 0. The fourth-order valence-corrected chi connectivity index (χ4v) is 5.18. The van der Waals surface area contributed by atoms with Crippen LogP contribution in [0.4, 0.5) is 20.6 Å². The number of hydrogen-bond acceptors (Lipinski definition) is 10. The van der Waals surface area contributed by atoms with E-state index in [0.717, 1.165) is 19.1 Å². The summed E-state index contributed by atoms with van der Waals surface area (Å²) in [5, 5.41) is 10.3. The van der Waals surface area contributed by atoms with Crippen LogP contribution in [0.2, 0.25) is 0 Å². The number of para-hydroxylation sites is 1. The minimum Gasteiger partial charge on any atom is -0.466 e. The van der Waals surface area contributed by atoms with E-state index in [4.69, 9.17) is 19.9 Å². The van der Waals surface area contributed by atoms with Crippen LogP contribution in [-0.2, 0) is 23.8 Å². The Morgan fingerprint density at radius 2 is 1.58 bits per heavy atom. The van der Waals surface area contributed by atoms with Gasteiger partial charge in [-0.1, -0.05) is 36.4 Å². The normalized spacial score (nSPS) is 17.4. The van der Waals surface area contributed by atoms with Crippen LogP contribution in [0.5, 0.6) is 0 Å². The maximum Gasteiger partial charge on any atom is 0.410 e. The molecule has 11 nitrogen and oxygen atoms in total. The van der Waals surface area contributed by atoms with Gasteiger partial charge in [-0.05, 0) is 38.5 Å². The van der Waals surface area contributed by atoms with Gasteiger partial charge in [0.1, 0.15) is 28.6 Å². The van der Waals surface area contributed by atoms with E-state index in [1.807, 2.05) is 4.90 Å². The molecule has 12 heteroatoms. The molecule has 1 saturated heterocycles. The second kappa shape index (κ2) is 12.4. The van der Waals surface area contributed by atoms with Gasteiger partial charge < -0.3 is 29.7 Å². The molecule has 226 valence electrons. The van der Waals surface area contributed by atoms with Crippen LogP contribution in [0.3, 0.4) is 0 Å². The van der Waals surface area contributed by atoms with Gasteiger partial charge >= 0.3 is 18.0 Å². The fraction of sp³-hybridized carbons (Fsp3) is 0.355. The molecule has 0 aromatic heterocycles. The Kier molecular flexibility index (Phi) is 8.94. The zero-order valence-corrected chi connectivity index (χ0v) is 24.7. The molecule has 1 amide bonds. The van der Waals surface area contributed by atoms with Crippen molar-refractivity contribution in [2.24, 2.45) is 5.73 Å². The van der Waals surface area contributed by atoms with Crippen LogP contribution < -0.4 is 15.5 Å². The van der Waals surface area contributed by atoms with E-state index in [9.17, 15) is 19.6 Å². The minimum atomic E-state index is -1.09. The number of nitriles is 1. The molecule has 43 heavy (non-hydrogen) atoms. The van der Waals surface area contributed by atoms with Crippen LogP contribution in [0.25, 0.3) is 0 Å². The van der Waals surface area contributed by atoms with Crippen molar-refractivity contribution in [1.82, 2.24) is 4.90 Å². The Morgan fingerprint density at radius 1 is 0.953 bits per heavy atom. The molecule has 1 atom stereocenters. The van der Waals surface area contributed by atoms with Crippen molar-refractivity contribution in [3.8, 4) is 6.07 Å². The van der Waals surface area contributed by atoms with Gasteiger partial charge in [0.2, 0.25) is 0 Å². The number of ether oxygens (including phenoxy) is 3. The summed E-state index contributed by atoms with van der Waals surface area (Å²) in [6.07, 6.45) is -0.459. The molecule has 4 rings (SSSR count). The number of benzene rings is 2. The van der Waals surface area contributed by atoms with Crippen LogP contribution in [0.1, 0.15) is 32.3 Å². The lowest BCUT2D eigenvalue weighted by molar-refractivity contribution is -0.139. The highest BCUT2D eigenvalue weighted by Crippen LogP contribution is 2.46. The molecule has 2 N–H and O–H groups in total. The molecule has 0 saturated carbocycles.